The predicted octanol–water partition coefficient (Wildman–Crippen LogP) is 4.49. The summed E-state index contributed by atoms with van der Waals surface area (Å²) < 4.78 is 16.8. The van der Waals surface area contributed by atoms with Crippen molar-refractivity contribution in [2.75, 3.05) is 18.7 Å². The highest BCUT2D eigenvalue weighted by atomic mass is 16.7. The van der Waals surface area contributed by atoms with Crippen molar-refractivity contribution in [1.82, 2.24) is 4.98 Å². The number of hydrogen-bond acceptors (Lipinski definition) is 6. The van der Waals surface area contributed by atoms with Crippen LogP contribution in [0, 0.1) is 6.92 Å². The summed E-state index contributed by atoms with van der Waals surface area (Å²) >= 11 is 0. The number of nitrogens with one attached hydrogen (secondary N) is 1. The Balaban J connectivity index is 1.74. The van der Waals surface area contributed by atoms with Crippen molar-refractivity contribution < 1.29 is 23.8 Å². The third kappa shape index (κ3) is 3.22. The molecule has 0 radical (unpaired) electrons. The average Bonchev–Trinajstić information content (AvgIpc) is 3.34. The Labute approximate surface area is 185 Å². The molecule has 32 heavy (non-hydrogen) atoms. The molecule has 5 rings (SSSR count). The molecule has 1 amide bonds. The van der Waals surface area contributed by atoms with Gasteiger partial charge in [-0.2, -0.15) is 0 Å². The number of carbonyl (C=O) groups excluding carboxylic acids is 2. The molecule has 0 saturated heterocycles. The summed E-state index contributed by atoms with van der Waals surface area (Å²) in [6.07, 6.45) is 0. The summed E-state index contributed by atoms with van der Waals surface area (Å²) in [4.78, 5) is 29.9. The van der Waals surface area contributed by atoms with E-state index in [0.29, 0.717) is 52.8 Å². The highest BCUT2D eigenvalue weighted by molar-refractivity contribution is 6.24. The van der Waals surface area contributed by atoms with Crippen LogP contribution < -0.4 is 14.8 Å². The molecule has 1 aliphatic carbocycles. The van der Waals surface area contributed by atoms with Crippen LogP contribution in [0.25, 0.3) is 22.4 Å². The summed E-state index contributed by atoms with van der Waals surface area (Å²) in [6.45, 7) is 6.37. The van der Waals surface area contributed by atoms with E-state index in [9.17, 15) is 9.59 Å². The van der Waals surface area contributed by atoms with Crippen molar-refractivity contribution in [1.29, 1.82) is 0 Å². The Hall–Kier alpha value is -3.71. The molecule has 0 fully saturated rings. The number of amides is 1. The maximum Gasteiger partial charge on any atom is 0.231 e. The monoisotopic (exact) mass is 430 g/mol. The van der Waals surface area contributed by atoms with Crippen molar-refractivity contribution in [2.45, 2.75) is 27.4 Å². The fraction of sp³-hybridized carbons (Fsp3) is 0.240. The van der Waals surface area contributed by atoms with Crippen LogP contribution in [0.1, 0.15) is 41.0 Å². The first-order valence-electron chi connectivity index (χ1n) is 10.5. The van der Waals surface area contributed by atoms with Crippen LogP contribution in [0.2, 0.25) is 0 Å². The van der Waals surface area contributed by atoms with Gasteiger partial charge in [-0.3, -0.25) is 14.6 Å². The van der Waals surface area contributed by atoms with Gasteiger partial charge in [-0.15, -0.1) is 0 Å². The minimum atomic E-state index is -0.174. The van der Waals surface area contributed by atoms with Crippen LogP contribution in [0.4, 0.5) is 5.69 Å². The summed E-state index contributed by atoms with van der Waals surface area (Å²) in [7, 11) is 0. The van der Waals surface area contributed by atoms with Crippen molar-refractivity contribution >= 4 is 17.4 Å². The standard InChI is InChI=1S/C25H22N2O5/c1-4-30-11-19-13(2)26-24-18-10-16(27-14(3)28)6-7-17(18)25(29)23(24)22(19)15-5-8-20-21(9-15)32-12-31-20/h5-10H,4,11-12H2,1-3H3,(H,27,28). The molecule has 7 nitrogen and oxygen atoms in total. The molecule has 1 N–H and O–H groups in total. The van der Waals surface area contributed by atoms with Crippen LogP contribution in [0.3, 0.4) is 0 Å². The number of rotatable bonds is 5. The number of ketones is 1. The molecule has 0 atom stereocenters. The molecule has 0 spiro atoms. The lowest BCUT2D eigenvalue weighted by molar-refractivity contribution is -0.114. The van der Waals surface area contributed by atoms with Crippen LogP contribution in [0.5, 0.6) is 11.5 Å². The van der Waals surface area contributed by atoms with Crippen LogP contribution in [-0.2, 0) is 16.1 Å². The third-order valence-corrected chi connectivity index (χ3v) is 5.68. The van der Waals surface area contributed by atoms with E-state index in [4.69, 9.17) is 19.2 Å². The van der Waals surface area contributed by atoms with E-state index < -0.39 is 0 Å². The smallest absolute Gasteiger partial charge is 0.231 e. The zero-order chi connectivity index (χ0) is 22.4. The molecule has 0 bridgehead atoms. The minimum Gasteiger partial charge on any atom is -0.454 e. The summed E-state index contributed by atoms with van der Waals surface area (Å²) in [5.41, 5.74) is 6.35. The molecular formula is C25H22N2O5. The minimum absolute atomic E-state index is 0.0951. The van der Waals surface area contributed by atoms with Gasteiger partial charge >= 0.3 is 0 Å². The first-order valence-corrected chi connectivity index (χ1v) is 10.5. The lowest BCUT2D eigenvalue weighted by atomic mass is 9.92. The fourth-order valence-electron chi connectivity index (χ4n) is 4.26. The lowest BCUT2D eigenvalue weighted by Crippen LogP contribution is -2.07. The van der Waals surface area contributed by atoms with Gasteiger partial charge in [-0.25, -0.2) is 0 Å². The van der Waals surface area contributed by atoms with E-state index in [1.165, 1.54) is 6.92 Å². The topological polar surface area (TPSA) is 86.8 Å². The van der Waals surface area contributed by atoms with Gasteiger partial charge in [0.1, 0.15) is 0 Å². The third-order valence-electron chi connectivity index (χ3n) is 5.68. The summed E-state index contributed by atoms with van der Waals surface area (Å²) in [6, 6.07) is 11.0. The molecule has 1 aromatic heterocycles. The number of pyridine rings is 1. The molecule has 0 saturated carbocycles. The highest BCUT2D eigenvalue weighted by Gasteiger charge is 2.34. The van der Waals surface area contributed by atoms with Gasteiger partial charge in [0.05, 0.1) is 17.9 Å². The zero-order valence-corrected chi connectivity index (χ0v) is 18.1. The number of hydrogen-bond donors (Lipinski definition) is 1. The van der Waals surface area contributed by atoms with E-state index in [2.05, 4.69) is 5.32 Å². The van der Waals surface area contributed by atoms with E-state index in [0.717, 1.165) is 22.4 Å². The average molecular weight is 430 g/mol. The Morgan fingerprint density at radius 2 is 1.91 bits per heavy atom. The van der Waals surface area contributed by atoms with Crippen LogP contribution >= 0.6 is 0 Å². The number of fused-ring (bicyclic) bond motifs is 4. The lowest BCUT2D eigenvalue weighted by Gasteiger charge is -2.17. The number of anilines is 1. The number of aryl methyl sites for hydroxylation is 1. The molecule has 0 unspecified atom stereocenters. The SMILES string of the molecule is CCOCc1c(C)nc2c(c1-c1ccc3c(c1)OCO3)C(=O)c1ccc(NC(C)=O)cc1-2. The van der Waals surface area contributed by atoms with Gasteiger partial charge in [-0.1, -0.05) is 6.07 Å². The van der Waals surface area contributed by atoms with Crippen molar-refractivity contribution in [3.05, 3.63) is 58.8 Å². The molecule has 2 aliphatic rings. The van der Waals surface area contributed by atoms with E-state index in [1.807, 2.05) is 32.0 Å². The number of nitrogens with zero attached hydrogens (tertiary/aromatic N) is 1. The largest absolute Gasteiger partial charge is 0.454 e. The second kappa shape index (κ2) is 7.76. The Bertz CT molecular complexity index is 1280. The Kier molecular flexibility index (Phi) is 4.90. The number of aromatic nitrogens is 1. The number of ether oxygens (including phenoxy) is 3. The molecule has 2 aromatic carbocycles. The van der Waals surface area contributed by atoms with Gasteiger partial charge in [0, 0.05) is 47.2 Å². The first kappa shape index (κ1) is 20.2. The van der Waals surface area contributed by atoms with Gasteiger partial charge < -0.3 is 19.5 Å². The molecule has 3 aromatic rings. The van der Waals surface area contributed by atoms with Crippen LogP contribution in [-0.4, -0.2) is 30.1 Å². The second-order valence-corrected chi connectivity index (χ2v) is 7.75. The predicted molar refractivity (Wildman–Crippen MR) is 119 cm³/mol. The van der Waals surface area contributed by atoms with Gasteiger partial charge in [0.25, 0.3) is 0 Å². The molecule has 162 valence electrons. The van der Waals surface area contributed by atoms with Crippen molar-refractivity contribution in [3.8, 4) is 33.9 Å². The molecular weight excluding hydrogens is 408 g/mol. The fourth-order valence-corrected chi connectivity index (χ4v) is 4.26. The van der Waals surface area contributed by atoms with Crippen molar-refractivity contribution in [3.63, 3.8) is 0 Å². The summed E-state index contributed by atoms with van der Waals surface area (Å²) in [5.74, 6) is 1.05. The van der Waals surface area contributed by atoms with E-state index in [1.54, 1.807) is 18.2 Å². The Morgan fingerprint density at radius 3 is 2.69 bits per heavy atom. The molecule has 2 heterocycles. The quantitative estimate of drug-likeness (QED) is 0.502. The maximum atomic E-state index is 13.6. The molecule has 7 heteroatoms. The van der Waals surface area contributed by atoms with Gasteiger partial charge in [0.15, 0.2) is 17.3 Å². The van der Waals surface area contributed by atoms with Crippen LogP contribution in [0.15, 0.2) is 36.4 Å². The summed E-state index contributed by atoms with van der Waals surface area (Å²) in [5, 5.41) is 2.78. The zero-order valence-electron chi connectivity index (χ0n) is 18.1. The van der Waals surface area contributed by atoms with E-state index in [-0.39, 0.29) is 18.5 Å². The molecule has 1 aliphatic heterocycles. The number of carbonyl (C=O) groups is 2. The second-order valence-electron chi connectivity index (χ2n) is 7.75. The first-order chi connectivity index (χ1) is 15.5. The van der Waals surface area contributed by atoms with E-state index >= 15 is 0 Å². The van der Waals surface area contributed by atoms with Crippen molar-refractivity contribution in [2.24, 2.45) is 0 Å². The number of benzene rings is 2. The Morgan fingerprint density at radius 1 is 1.09 bits per heavy atom. The van der Waals surface area contributed by atoms with Gasteiger partial charge in [0.2, 0.25) is 12.7 Å². The highest BCUT2D eigenvalue weighted by Crippen LogP contribution is 2.45. The normalized spacial score (nSPS) is 13.2. The maximum absolute atomic E-state index is 13.6. The van der Waals surface area contributed by atoms with Gasteiger partial charge in [-0.05, 0) is 49.7 Å².